The number of hydrogen-bond acceptors (Lipinski definition) is 4. The molecule has 3 rings (SSSR count). The fraction of sp³-hybridized carbons (Fsp3) is 0. The standard InChI is InChI=1S/C16H9ClN2O2S/c17-11-3-5-12(6-4-11)22-16-13(14-2-1-7-21-14)8-10(9-18)15(20)19-16/h1-8H,(H,19,20). The number of furan rings is 1. The molecule has 1 N–H and O–H groups in total. The van der Waals surface area contributed by atoms with E-state index in [4.69, 9.17) is 21.3 Å². The van der Waals surface area contributed by atoms with Crippen LogP contribution in [0.1, 0.15) is 5.56 Å². The minimum absolute atomic E-state index is 0.0480. The summed E-state index contributed by atoms with van der Waals surface area (Å²) in [6.45, 7) is 0. The van der Waals surface area contributed by atoms with Crippen LogP contribution in [0.2, 0.25) is 5.02 Å². The van der Waals surface area contributed by atoms with Crippen LogP contribution < -0.4 is 5.56 Å². The van der Waals surface area contributed by atoms with Gasteiger partial charge in [0.15, 0.2) is 0 Å². The van der Waals surface area contributed by atoms with Gasteiger partial charge in [-0.15, -0.1) is 0 Å². The molecule has 2 heterocycles. The Hall–Kier alpha value is -2.42. The quantitative estimate of drug-likeness (QED) is 0.777. The predicted octanol–water partition coefficient (Wildman–Crippen LogP) is 4.31. The zero-order chi connectivity index (χ0) is 15.5. The third-order valence-corrected chi connectivity index (χ3v) is 4.23. The van der Waals surface area contributed by atoms with Gasteiger partial charge in [0, 0.05) is 15.5 Å². The van der Waals surface area contributed by atoms with E-state index in [0.717, 1.165) is 4.90 Å². The topological polar surface area (TPSA) is 69.8 Å². The molecule has 1 aromatic carbocycles. The number of aromatic amines is 1. The maximum absolute atomic E-state index is 11.9. The van der Waals surface area contributed by atoms with E-state index in [9.17, 15) is 4.79 Å². The number of aromatic nitrogens is 1. The second-order valence-electron chi connectivity index (χ2n) is 4.40. The number of halogens is 1. The molecule has 0 saturated heterocycles. The molecule has 0 atom stereocenters. The van der Waals surface area contributed by atoms with Crippen LogP contribution in [0.3, 0.4) is 0 Å². The Morgan fingerprint density at radius 2 is 2.00 bits per heavy atom. The SMILES string of the molecule is N#Cc1cc(-c2ccco2)c(Sc2ccc(Cl)cc2)[nH]c1=O. The number of rotatable bonds is 3. The van der Waals surface area contributed by atoms with Crippen LogP contribution in [0, 0.1) is 11.3 Å². The zero-order valence-electron chi connectivity index (χ0n) is 11.2. The molecule has 0 unspecified atom stereocenters. The molecule has 0 fully saturated rings. The van der Waals surface area contributed by atoms with E-state index in [1.807, 2.05) is 18.2 Å². The summed E-state index contributed by atoms with van der Waals surface area (Å²) in [5, 5.41) is 10.3. The highest BCUT2D eigenvalue weighted by molar-refractivity contribution is 7.99. The van der Waals surface area contributed by atoms with Gasteiger partial charge in [-0.1, -0.05) is 23.4 Å². The van der Waals surface area contributed by atoms with Crippen molar-refractivity contribution in [1.82, 2.24) is 4.98 Å². The molecule has 0 radical (unpaired) electrons. The average molecular weight is 329 g/mol. The Bertz CT molecular complexity index is 893. The van der Waals surface area contributed by atoms with Gasteiger partial charge in [-0.25, -0.2) is 0 Å². The van der Waals surface area contributed by atoms with Gasteiger partial charge in [0.25, 0.3) is 5.56 Å². The third kappa shape index (κ3) is 2.93. The Morgan fingerprint density at radius 3 is 2.64 bits per heavy atom. The number of benzene rings is 1. The van der Waals surface area contributed by atoms with Gasteiger partial charge in [-0.05, 0) is 42.5 Å². The van der Waals surface area contributed by atoms with Crippen molar-refractivity contribution in [2.75, 3.05) is 0 Å². The van der Waals surface area contributed by atoms with Crippen molar-refractivity contribution in [2.24, 2.45) is 0 Å². The number of hydrogen-bond donors (Lipinski definition) is 1. The molecule has 3 aromatic rings. The minimum atomic E-state index is -0.422. The fourth-order valence-corrected chi connectivity index (χ4v) is 2.96. The van der Waals surface area contributed by atoms with E-state index >= 15 is 0 Å². The van der Waals surface area contributed by atoms with Crippen molar-refractivity contribution in [3.63, 3.8) is 0 Å². The highest BCUT2D eigenvalue weighted by atomic mass is 35.5. The first-order valence-electron chi connectivity index (χ1n) is 6.32. The summed E-state index contributed by atoms with van der Waals surface area (Å²) in [5.41, 5.74) is 0.294. The Morgan fingerprint density at radius 1 is 1.23 bits per heavy atom. The second-order valence-corrected chi connectivity index (χ2v) is 5.92. The van der Waals surface area contributed by atoms with E-state index in [2.05, 4.69) is 4.98 Å². The predicted molar refractivity (Wildman–Crippen MR) is 85.1 cm³/mol. The molecular weight excluding hydrogens is 320 g/mol. The Labute approximate surface area is 135 Å². The number of pyridine rings is 1. The summed E-state index contributed by atoms with van der Waals surface area (Å²) in [7, 11) is 0. The van der Waals surface area contributed by atoms with Gasteiger partial charge < -0.3 is 9.40 Å². The van der Waals surface area contributed by atoms with Crippen LogP contribution in [-0.2, 0) is 0 Å². The van der Waals surface area contributed by atoms with Crippen LogP contribution in [0.15, 0.2) is 67.9 Å². The normalized spacial score (nSPS) is 10.4. The van der Waals surface area contributed by atoms with Crippen molar-refractivity contribution < 1.29 is 4.42 Å². The molecule has 0 aliphatic rings. The summed E-state index contributed by atoms with van der Waals surface area (Å²) >= 11 is 7.24. The van der Waals surface area contributed by atoms with Crippen LogP contribution in [0.25, 0.3) is 11.3 Å². The van der Waals surface area contributed by atoms with Crippen molar-refractivity contribution >= 4 is 23.4 Å². The Kier molecular flexibility index (Phi) is 4.05. The van der Waals surface area contributed by atoms with Crippen molar-refractivity contribution in [3.05, 3.63) is 69.7 Å². The van der Waals surface area contributed by atoms with Crippen LogP contribution in [0.5, 0.6) is 0 Å². The lowest BCUT2D eigenvalue weighted by Gasteiger charge is -2.07. The lowest BCUT2D eigenvalue weighted by molar-refractivity contribution is 0.580. The highest BCUT2D eigenvalue weighted by Crippen LogP contribution is 2.34. The molecule has 6 heteroatoms. The van der Waals surface area contributed by atoms with E-state index < -0.39 is 5.56 Å². The van der Waals surface area contributed by atoms with E-state index in [1.54, 1.807) is 30.5 Å². The third-order valence-electron chi connectivity index (χ3n) is 2.95. The minimum Gasteiger partial charge on any atom is -0.464 e. The smallest absolute Gasteiger partial charge is 0.266 e. The lowest BCUT2D eigenvalue weighted by atomic mass is 10.2. The molecule has 0 spiro atoms. The molecule has 108 valence electrons. The first kappa shape index (κ1) is 14.5. The van der Waals surface area contributed by atoms with Crippen LogP contribution in [-0.4, -0.2) is 4.98 Å². The summed E-state index contributed by atoms with van der Waals surface area (Å²) in [6, 6.07) is 14.2. The first-order valence-corrected chi connectivity index (χ1v) is 7.51. The lowest BCUT2D eigenvalue weighted by Crippen LogP contribution is -2.11. The van der Waals surface area contributed by atoms with Gasteiger partial charge in [-0.2, -0.15) is 5.26 Å². The maximum atomic E-state index is 11.9. The van der Waals surface area contributed by atoms with Gasteiger partial charge in [-0.3, -0.25) is 4.79 Å². The van der Waals surface area contributed by atoms with Gasteiger partial charge >= 0.3 is 0 Å². The van der Waals surface area contributed by atoms with E-state index in [-0.39, 0.29) is 5.56 Å². The number of nitriles is 1. The number of H-pyrrole nitrogens is 1. The monoisotopic (exact) mass is 328 g/mol. The van der Waals surface area contributed by atoms with Crippen molar-refractivity contribution in [1.29, 1.82) is 5.26 Å². The molecular formula is C16H9ClN2O2S. The Balaban J connectivity index is 2.10. The van der Waals surface area contributed by atoms with E-state index in [0.29, 0.717) is 21.4 Å². The second kappa shape index (κ2) is 6.14. The highest BCUT2D eigenvalue weighted by Gasteiger charge is 2.13. The largest absolute Gasteiger partial charge is 0.464 e. The molecule has 4 nitrogen and oxygen atoms in total. The summed E-state index contributed by atoms with van der Waals surface area (Å²) in [5.74, 6) is 0.587. The van der Waals surface area contributed by atoms with Gasteiger partial charge in [0.05, 0.1) is 11.3 Å². The first-order chi connectivity index (χ1) is 10.7. The summed E-state index contributed by atoms with van der Waals surface area (Å²) in [6.07, 6.45) is 1.54. The number of nitrogens with zero attached hydrogens (tertiary/aromatic N) is 1. The molecule has 2 aromatic heterocycles. The molecule has 0 amide bonds. The van der Waals surface area contributed by atoms with Crippen LogP contribution in [0.4, 0.5) is 0 Å². The summed E-state index contributed by atoms with van der Waals surface area (Å²) in [4.78, 5) is 15.5. The molecule has 0 aliphatic heterocycles. The molecule has 0 aliphatic carbocycles. The van der Waals surface area contributed by atoms with Crippen LogP contribution >= 0.6 is 23.4 Å². The van der Waals surface area contributed by atoms with Crippen molar-refractivity contribution in [3.8, 4) is 17.4 Å². The average Bonchev–Trinajstić information content (AvgIpc) is 3.04. The molecule has 22 heavy (non-hydrogen) atoms. The number of nitrogens with one attached hydrogen (secondary N) is 1. The summed E-state index contributed by atoms with van der Waals surface area (Å²) < 4.78 is 5.39. The fourth-order valence-electron chi connectivity index (χ4n) is 1.91. The molecule has 0 saturated carbocycles. The maximum Gasteiger partial charge on any atom is 0.266 e. The van der Waals surface area contributed by atoms with E-state index in [1.165, 1.54) is 17.8 Å². The van der Waals surface area contributed by atoms with Gasteiger partial charge in [0.2, 0.25) is 0 Å². The zero-order valence-corrected chi connectivity index (χ0v) is 12.7. The van der Waals surface area contributed by atoms with Crippen molar-refractivity contribution in [2.45, 2.75) is 9.92 Å². The molecule has 0 bridgehead atoms. The van der Waals surface area contributed by atoms with Gasteiger partial charge in [0.1, 0.15) is 17.4 Å².